The van der Waals surface area contributed by atoms with E-state index in [1.54, 1.807) is 24.3 Å². The first-order chi connectivity index (χ1) is 12.3. The average Bonchev–Trinajstić information content (AvgIpc) is 3.27. The molecule has 0 aliphatic carbocycles. The van der Waals surface area contributed by atoms with Crippen molar-refractivity contribution in [3.63, 3.8) is 0 Å². The molecule has 0 aliphatic rings. The molecule has 0 fully saturated rings. The van der Waals surface area contributed by atoms with Gasteiger partial charge in [-0.1, -0.05) is 0 Å². The number of furan rings is 2. The Bertz CT molecular complexity index is 895. The SMILES string of the molecule is O=S(=O)(c1ccc(C(F)(F)F)cc1)N(Cc1ccco1)Cc1ccco1. The summed E-state index contributed by atoms with van der Waals surface area (Å²) in [5.74, 6) is 0.791. The molecule has 138 valence electrons. The highest BCUT2D eigenvalue weighted by Gasteiger charge is 2.32. The van der Waals surface area contributed by atoms with Gasteiger partial charge in [-0.05, 0) is 48.5 Å². The molecule has 1 aromatic carbocycles. The summed E-state index contributed by atoms with van der Waals surface area (Å²) in [6.45, 7) is -0.173. The number of benzene rings is 1. The number of alkyl halides is 3. The third-order valence-electron chi connectivity index (χ3n) is 3.64. The molecule has 0 N–H and O–H groups in total. The third kappa shape index (κ3) is 4.00. The fraction of sp³-hybridized carbons (Fsp3) is 0.176. The van der Waals surface area contributed by atoms with E-state index in [4.69, 9.17) is 8.83 Å². The summed E-state index contributed by atoms with van der Waals surface area (Å²) in [5, 5.41) is 0. The van der Waals surface area contributed by atoms with Gasteiger partial charge >= 0.3 is 6.18 Å². The molecular formula is C17H14F3NO4S. The number of sulfonamides is 1. The lowest BCUT2D eigenvalue weighted by Gasteiger charge is -2.20. The van der Waals surface area contributed by atoms with Gasteiger partial charge in [-0.2, -0.15) is 17.5 Å². The van der Waals surface area contributed by atoms with E-state index in [0.29, 0.717) is 11.5 Å². The lowest BCUT2D eigenvalue weighted by atomic mass is 10.2. The molecule has 0 amide bonds. The first-order valence-corrected chi connectivity index (χ1v) is 8.93. The molecule has 2 aromatic heterocycles. The van der Waals surface area contributed by atoms with Gasteiger partial charge in [-0.25, -0.2) is 8.42 Å². The maximum absolute atomic E-state index is 12.9. The van der Waals surface area contributed by atoms with Crippen molar-refractivity contribution in [2.45, 2.75) is 24.2 Å². The fourth-order valence-corrected chi connectivity index (χ4v) is 3.72. The number of halogens is 3. The molecule has 3 rings (SSSR count). The minimum Gasteiger partial charge on any atom is -0.468 e. The monoisotopic (exact) mass is 385 g/mol. The fourth-order valence-electron chi connectivity index (χ4n) is 2.34. The van der Waals surface area contributed by atoms with Gasteiger partial charge in [0.1, 0.15) is 11.5 Å². The zero-order chi connectivity index (χ0) is 18.8. The topological polar surface area (TPSA) is 63.7 Å². The highest BCUT2D eigenvalue weighted by molar-refractivity contribution is 7.89. The number of hydrogen-bond acceptors (Lipinski definition) is 4. The van der Waals surface area contributed by atoms with Crippen LogP contribution in [0, 0.1) is 0 Å². The Morgan fingerprint density at radius 3 is 1.73 bits per heavy atom. The first-order valence-electron chi connectivity index (χ1n) is 7.49. The highest BCUT2D eigenvalue weighted by atomic mass is 32.2. The first kappa shape index (κ1) is 18.3. The van der Waals surface area contributed by atoms with E-state index >= 15 is 0 Å². The lowest BCUT2D eigenvalue weighted by Crippen LogP contribution is -2.30. The van der Waals surface area contributed by atoms with Gasteiger partial charge in [0.2, 0.25) is 10.0 Å². The molecule has 0 radical (unpaired) electrons. The van der Waals surface area contributed by atoms with E-state index in [0.717, 1.165) is 28.6 Å². The zero-order valence-electron chi connectivity index (χ0n) is 13.3. The van der Waals surface area contributed by atoms with Crippen LogP contribution in [-0.4, -0.2) is 12.7 Å². The zero-order valence-corrected chi connectivity index (χ0v) is 14.1. The molecule has 0 saturated heterocycles. The molecule has 0 saturated carbocycles. The van der Waals surface area contributed by atoms with Crippen LogP contribution < -0.4 is 0 Å². The van der Waals surface area contributed by atoms with E-state index in [1.807, 2.05) is 0 Å². The second-order valence-corrected chi connectivity index (χ2v) is 7.39. The average molecular weight is 385 g/mol. The molecule has 2 heterocycles. The maximum Gasteiger partial charge on any atom is 0.416 e. The normalized spacial score (nSPS) is 12.6. The lowest BCUT2D eigenvalue weighted by molar-refractivity contribution is -0.137. The summed E-state index contributed by atoms with van der Waals surface area (Å²) >= 11 is 0. The van der Waals surface area contributed by atoms with Crippen molar-refractivity contribution >= 4 is 10.0 Å². The van der Waals surface area contributed by atoms with Gasteiger partial charge in [0, 0.05) is 0 Å². The molecule has 0 bridgehead atoms. The van der Waals surface area contributed by atoms with Crippen LogP contribution in [0.15, 0.2) is 74.8 Å². The van der Waals surface area contributed by atoms with Gasteiger partial charge in [-0.3, -0.25) is 0 Å². The summed E-state index contributed by atoms with van der Waals surface area (Å²) in [6, 6.07) is 9.81. The summed E-state index contributed by atoms with van der Waals surface area (Å²) < 4.78 is 75.4. The van der Waals surface area contributed by atoms with Crippen LogP contribution in [0.4, 0.5) is 13.2 Å². The number of rotatable bonds is 6. The predicted octanol–water partition coefficient (Wildman–Crippen LogP) is 4.28. The molecule has 0 unspecified atom stereocenters. The van der Waals surface area contributed by atoms with Crippen LogP contribution >= 0.6 is 0 Å². The summed E-state index contributed by atoms with van der Waals surface area (Å²) in [5.41, 5.74) is -0.917. The largest absolute Gasteiger partial charge is 0.468 e. The van der Waals surface area contributed by atoms with Crippen LogP contribution in [0.2, 0.25) is 0 Å². The van der Waals surface area contributed by atoms with E-state index < -0.39 is 21.8 Å². The quantitative estimate of drug-likeness (QED) is 0.635. The van der Waals surface area contributed by atoms with E-state index in [9.17, 15) is 21.6 Å². The minimum atomic E-state index is -4.54. The second-order valence-electron chi connectivity index (χ2n) is 5.45. The Kier molecular flexibility index (Phi) is 4.92. The van der Waals surface area contributed by atoms with Gasteiger partial charge in [0.25, 0.3) is 0 Å². The van der Waals surface area contributed by atoms with E-state index in [2.05, 4.69) is 0 Å². The second kappa shape index (κ2) is 7.00. The molecule has 0 atom stereocenters. The van der Waals surface area contributed by atoms with E-state index in [1.165, 1.54) is 12.5 Å². The Morgan fingerprint density at radius 1 is 0.846 bits per heavy atom. The molecule has 5 nitrogen and oxygen atoms in total. The molecule has 0 spiro atoms. The molecule has 9 heteroatoms. The van der Waals surface area contributed by atoms with Crippen LogP contribution in [-0.2, 0) is 29.3 Å². The van der Waals surface area contributed by atoms with Crippen molar-refractivity contribution in [2.24, 2.45) is 0 Å². The van der Waals surface area contributed by atoms with Crippen LogP contribution in [0.1, 0.15) is 17.1 Å². The number of nitrogens with zero attached hydrogens (tertiary/aromatic N) is 1. The van der Waals surface area contributed by atoms with Crippen LogP contribution in [0.25, 0.3) is 0 Å². The molecule has 0 aliphatic heterocycles. The standard InChI is InChI=1S/C17H14F3NO4S/c18-17(19,20)13-5-7-16(8-6-13)26(22,23)21(11-14-3-1-9-24-14)12-15-4-2-10-25-15/h1-10H,11-12H2. The van der Waals surface area contributed by atoms with Crippen molar-refractivity contribution in [1.82, 2.24) is 4.31 Å². The van der Waals surface area contributed by atoms with Gasteiger partial charge < -0.3 is 8.83 Å². The highest BCUT2D eigenvalue weighted by Crippen LogP contribution is 2.30. The van der Waals surface area contributed by atoms with Gasteiger partial charge in [0.15, 0.2) is 0 Å². The van der Waals surface area contributed by atoms with Crippen LogP contribution in [0.3, 0.4) is 0 Å². The summed E-state index contributed by atoms with van der Waals surface area (Å²) in [7, 11) is -4.07. The van der Waals surface area contributed by atoms with E-state index in [-0.39, 0.29) is 18.0 Å². The van der Waals surface area contributed by atoms with Gasteiger partial charge in [0.05, 0.1) is 36.1 Å². The molecule has 26 heavy (non-hydrogen) atoms. The van der Waals surface area contributed by atoms with Crippen LogP contribution in [0.5, 0.6) is 0 Å². The summed E-state index contributed by atoms with van der Waals surface area (Å²) in [6.07, 6.45) is -1.72. The molecular weight excluding hydrogens is 371 g/mol. The number of hydrogen-bond donors (Lipinski definition) is 0. The Balaban J connectivity index is 1.92. The minimum absolute atomic E-state index is 0.0863. The van der Waals surface area contributed by atoms with Crippen molar-refractivity contribution in [2.75, 3.05) is 0 Å². The van der Waals surface area contributed by atoms with Crippen molar-refractivity contribution < 1.29 is 30.4 Å². The van der Waals surface area contributed by atoms with Gasteiger partial charge in [-0.15, -0.1) is 0 Å². The summed E-state index contributed by atoms with van der Waals surface area (Å²) in [4.78, 5) is -0.247. The maximum atomic E-state index is 12.9. The Morgan fingerprint density at radius 2 is 1.35 bits per heavy atom. The smallest absolute Gasteiger partial charge is 0.416 e. The van der Waals surface area contributed by atoms with Crippen molar-refractivity contribution in [1.29, 1.82) is 0 Å². The molecule has 3 aromatic rings. The predicted molar refractivity (Wildman–Crippen MR) is 85.3 cm³/mol. The Labute approximate surface area is 147 Å². The Hall–Kier alpha value is -2.52. The van der Waals surface area contributed by atoms with Crippen molar-refractivity contribution in [3.8, 4) is 0 Å². The van der Waals surface area contributed by atoms with Crippen molar-refractivity contribution in [3.05, 3.63) is 78.1 Å². The third-order valence-corrected chi connectivity index (χ3v) is 5.45.